The number of ether oxygens (including phenoxy) is 1. The van der Waals surface area contributed by atoms with Gasteiger partial charge in [-0.05, 0) is 19.8 Å². The van der Waals surface area contributed by atoms with Gasteiger partial charge in [0.05, 0.1) is 6.10 Å². The van der Waals surface area contributed by atoms with E-state index in [0.717, 1.165) is 12.8 Å². The average molecular weight is 205 g/mol. The number of allylic oxidation sites excluding steroid dienone is 1. The molecule has 2 heteroatoms. The van der Waals surface area contributed by atoms with Gasteiger partial charge in [0.1, 0.15) is 0 Å². The summed E-state index contributed by atoms with van der Waals surface area (Å²) >= 11 is 3.59. The van der Waals surface area contributed by atoms with Crippen LogP contribution >= 0.6 is 15.9 Å². The van der Waals surface area contributed by atoms with E-state index in [-0.39, 0.29) is 0 Å². The van der Waals surface area contributed by atoms with Gasteiger partial charge in [0.25, 0.3) is 0 Å². The third kappa shape index (κ3) is 1.83. The molecule has 0 saturated carbocycles. The summed E-state index contributed by atoms with van der Waals surface area (Å²) in [5, 5.41) is 0. The molecule has 10 heavy (non-hydrogen) atoms. The van der Waals surface area contributed by atoms with Gasteiger partial charge in [-0.3, -0.25) is 0 Å². The molecular formula is C8H13BrO. The van der Waals surface area contributed by atoms with Crippen molar-refractivity contribution in [2.75, 3.05) is 7.11 Å². The van der Waals surface area contributed by atoms with Crippen molar-refractivity contribution in [1.82, 2.24) is 0 Å². The second-order valence-electron chi connectivity index (χ2n) is 2.74. The van der Waals surface area contributed by atoms with E-state index in [2.05, 4.69) is 28.9 Å². The van der Waals surface area contributed by atoms with Gasteiger partial charge in [0.2, 0.25) is 0 Å². The number of hydrogen-bond acceptors (Lipinski definition) is 1. The molecule has 1 rings (SSSR count). The smallest absolute Gasteiger partial charge is 0.0619 e. The highest BCUT2D eigenvalue weighted by molar-refractivity contribution is 9.09. The molecule has 58 valence electrons. The summed E-state index contributed by atoms with van der Waals surface area (Å²) in [5.74, 6) is 0. The topological polar surface area (TPSA) is 9.23 Å². The number of alkyl halides is 1. The van der Waals surface area contributed by atoms with E-state index >= 15 is 0 Å². The SMILES string of the molecule is COC1CC=C(C)C(Br)C1. The van der Waals surface area contributed by atoms with Crippen LogP contribution < -0.4 is 0 Å². The molecule has 0 amide bonds. The minimum absolute atomic E-state index is 0.424. The van der Waals surface area contributed by atoms with Crippen LogP contribution in [0.3, 0.4) is 0 Å². The maximum atomic E-state index is 5.24. The van der Waals surface area contributed by atoms with E-state index < -0.39 is 0 Å². The van der Waals surface area contributed by atoms with Crippen LogP contribution in [0.15, 0.2) is 11.6 Å². The monoisotopic (exact) mass is 204 g/mol. The van der Waals surface area contributed by atoms with Gasteiger partial charge in [-0.15, -0.1) is 0 Å². The average Bonchev–Trinajstić information content (AvgIpc) is 1.95. The largest absolute Gasteiger partial charge is 0.381 e. The lowest BCUT2D eigenvalue weighted by atomic mass is 9.98. The zero-order chi connectivity index (χ0) is 7.56. The molecule has 0 spiro atoms. The molecule has 0 aromatic heterocycles. The molecule has 1 aliphatic rings. The van der Waals surface area contributed by atoms with Crippen LogP contribution in [0, 0.1) is 0 Å². The predicted molar refractivity (Wildman–Crippen MR) is 46.5 cm³/mol. The number of methoxy groups -OCH3 is 1. The van der Waals surface area contributed by atoms with Crippen molar-refractivity contribution in [1.29, 1.82) is 0 Å². The molecule has 1 nitrogen and oxygen atoms in total. The number of hydrogen-bond donors (Lipinski definition) is 0. The molecule has 0 fully saturated rings. The molecule has 0 N–H and O–H groups in total. The lowest BCUT2D eigenvalue weighted by Gasteiger charge is -2.23. The molecule has 0 aromatic carbocycles. The lowest BCUT2D eigenvalue weighted by molar-refractivity contribution is 0.0958. The van der Waals surface area contributed by atoms with E-state index in [1.165, 1.54) is 5.57 Å². The highest BCUT2D eigenvalue weighted by Crippen LogP contribution is 2.25. The summed E-state index contributed by atoms with van der Waals surface area (Å²) < 4.78 is 5.24. The highest BCUT2D eigenvalue weighted by atomic mass is 79.9. The Bertz CT molecular complexity index is 142. The van der Waals surface area contributed by atoms with Gasteiger partial charge >= 0.3 is 0 Å². The van der Waals surface area contributed by atoms with Crippen LogP contribution in [0.25, 0.3) is 0 Å². The van der Waals surface area contributed by atoms with E-state index in [9.17, 15) is 0 Å². The van der Waals surface area contributed by atoms with Gasteiger partial charge in [0.15, 0.2) is 0 Å². The van der Waals surface area contributed by atoms with Gasteiger partial charge in [0, 0.05) is 11.9 Å². The van der Waals surface area contributed by atoms with Crippen LogP contribution in [0.1, 0.15) is 19.8 Å². The first-order valence-corrected chi connectivity index (χ1v) is 4.49. The third-order valence-corrected chi connectivity index (χ3v) is 3.10. The van der Waals surface area contributed by atoms with Crippen LogP contribution in [-0.2, 0) is 4.74 Å². The predicted octanol–water partition coefficient (Wildman–Crippen LogP) is 2.51. The standard InChI is InChI=1S/C8H13BrO/c1-6-3-4-7(10-2)5-8(6)9/h3,7-8H,4-5H2,1-2H3. The lowest BCUT2D eigenvalue weighted by Crippen LogP contribution is -2.20. The first kappa shape index (κ1) is 8.28. The number of halogens is 1. The molecule has 0 aliphatic heterocycles. The van der Waals surface area contributed by atoms with Crippen molar-refractivity contribution < 1.29 is 4.74 Å². The summed E-state index contributed by atoms with van der Waals surface area (Å²) in [6, 6.07) is 0. The Balaban J connectivity index is 2.51. The highest BCUT2D eigenvalue weighted by Gasteiger charge is 2.18. The fourth-order valence-corrected chi connectivity index (χ4v) is 1.75. The molecule has 0 saturated heterocycles. The summed E-state index contributed by atoms with van der Waals surface area (Å²) in [7, 11) is 1.78. The maximum Gasteiger partial charge on any atom is 0.0619 e. The molecule has 2 unspecified atom stereocenters. The third-order valence-electron chi connectivity index (χ3n) is 2.00. The summed E-state index contributed by atoms with van der Waals surface area (Å²) in [4.78, 5) is 0.534. The van der Waals surface area contributed by atoms with Gasteiger partial charge in [-0.2, -0.15) is 0 Å². The fourth-order valence-electron chi connectivity index (χ4n) is 1.15. The first-order valence-electron chi connectivity index (χ1n) is 3.57. The Morgan fingerprint density at radius 2 is 2.40 bits per heavy atom. The summed E-state index contributed by atoms with van der Waals surface area (Å²) in [5.41, 5.74) is 1.44. The van der Waals surface area contributed by atoms with Gasteiger partial charge < -0.3 is 4.74 Å². The normalized spacial score (nSPS) is 33.7. The maximum absolute atomic E-state index is 5.24. The van der Waals surface area contributed by atoms with Crippen molar-refractivity contribution >= 4 is 15.9 Å². The van der Waals surface area contributed by atoms with E-state index in [4.69, 9.17) is 4.74 Å². The van der Waals surface area contributed by atoms with Gasteiger partial charge in [-0.25, -0.2) is 0 Å². The molecule has 0 radical (unpaired) electrons. The Morgan fingerprint density at radius 1 is 1.70 bits per heavy atom. The van der Waals surface area contributed by atoms with Crippen LogP contribution in [-0.4, -0.2) is 18.0 Å². The quantitative estimate of drug-likeness (QED) is 0.472. The van der Waals surface area contributed by atoms with Crippen LogP contribution in [0.4, 0.5) is 0 Å². The van der Waals surface area contributed by atoms with E-state index in [1.54, 1.807) is 7.11 Å². The Hall–Kier alpha value is 0.180. The second-order valence-corrected chi connectivity index (χ2v) is 3.85. The first-order chi connectivity index (χ1) is 4.74. The fraction of sp³-hybridized carbons (Fsp3) is 0.750. The molecular weight excluding hydrogens is 192 g/mol. The van der Waals surface area contributed by atoms with Crippen LogP contribution in [0.5, 0.6) is 0 Å². The molecule has 1 aliphatic carbocycles. The van der Waals surface area contributed by atoms with Crippen molar-refractivity contribution in [2.45, 2.75) is 30.7 Å². The molecule has 2 atom stereocenters. The number of rotatable bonds is 1. The van der Waals surface area contributed by atoms with E-state index in [1.807, 2.05) is 0 Å². The molecule has 0 heterocycles. The van der Waals surface area contributed by atoms with Crippen molar-refractivity contribution in [3.8, 4) is 0 Å². The zero-order valence-corrected chi connectivity index (χ0v) is 8.02. The Kier molecular flexibility index (Phi) is 2.93. The van der Waals surface area contributed by atoms with E-state index in [0.29, 0.717) is 10.9 Å². The van der Waals surface area contributed by atoms with Gasteiger partial charge in [-0.1, -0.05) is 27.6 Å². The molecule has 0 bridgehead atoms. The Labute approximate surface area is 70.6 Å². The zero-order valence-electron chi connectivity index (χ0n) is 6.43. The van der Waals surface area contributed by atoms with Crippen LogP contribution in [0.2, 0.25) is 0 Å². The Morgan fingerprint density at radius 3 is 2.90 bits per heavy atom. The van der Waals surface area contributed by atoms with Crippen molar-refractivity contribution in [3.05, 3.63) is 11.6 Å². The second kappa shape index (κ2) is 3.54. The minimum atomic E-state index is 0.424. The van der Waals surface area contributed by atoms with Crippen molar-refractivity contribution in [2.24, 2.45) is 0 Å². The summed E-state index contributed by atoms with van der Waals surface area (Å²) in [6.45, 7) is 2.16. The van der Waals surface area contributed by atoms with Crippen molar-refractivity contribution in [3.63, 3.8) is 0 Å². The molecule has 0 aromatic rings. The minimum Gasteiger partial charge on any atom is -0.381 e. The summed E-state index contributed by atoms with van der Waals surface area (Å²) in [6.07, 6.45) is 4.86.